The van der Waals surface area contributed by atoms with Gasteiger partial charge in [0.05, 0.1) is 0 Å². The monoisotopic (exact) mass is 267 g/mol. The minimum Gasteiger partial charge on any atom is -0.381 e. The first-order valence-electron chi connectivity index (χ1n) is 7.13. The summed E-state index contributed by atoms with van der Waals surface area (Å²) in [6.07, 6.45) is 7.58. The van der Waals surface area contributed by atoms with Gasteiger partial charge in [-0.25, -0.2) is 0 Å². The van der Waals surface area contributed by atoms with E-state index in [0.717, 1.165) is 25.6 Å². The van der Waals surface area contributed by atoms with Gasteiger partial charge in [0.1, 0.15) is 0 Å². The van der Waals surface area contributed by atoms with Crippen LogP contribution >= 0.6 is 11.3 Å². The van der Waals surface area contributed by atoms with Crippen LogP contribution in [0, 0.1) is 12.8 Å². The Morgan fingerprint density at radius 1 is 1.33 bits per heavy atom. The molecule has 1 atom stereocenters. The quantitative estimate of drug-likeness (QED) is 0.789. The van der Waals surface area contributed by atoms with E-state index in [9.17, 15) is 0 Å². The third kappa shape index (κ3) is 4.08. The van der Waals surface area contributed by atoms with Crippen LogP contribution in [0.15, 0.2) is 10.8 Å². The molecule has 0 amide bonds. The van der Waals surface area contributed by atoms with Gasteiger partial charge >= 0.3 is 0 Å². The largest absolute Gasteiger partial charge is 0.381 e. The molecule has 0 aliphatic carbocycles. The minimum absolute atomic E-state index is 0.242. The molecule has 0 radical (unpaired) electrons. The fraction of sp³-hybridized carbons (Fsp3) is 0.733. The Morgan fingerprint density at radius 2 is 2.11 bits per heavy atom. The molecule has 2 rings (SSSR count). The molecule has 3 heteroatoms. The standard InChI is InChI=1S/C15H25NOS/c1-12-10-18-11-14(12)15(16)5-3-2-4-13-6-8-17-9-7-13/h10-11,13,15H,2-9,16H2,1H3. The average Bonchev–Trinajstić information content (AvgIpc) is 2.82. The highest BCUT2D eigenvalue weighted by Crippen LogP contribution is 2.26. The third-order valence-corrected chi connectivity index (χ3v) is 4.89. The van der Waals surface area contributed by atoms with E-state index in [0.29, 0.717) is 0 Å². The van der Waals surface area contributed by atoms with E-state index in [1.165, 1.54) is 43.2 Å². The zero-order valence-corrected chi connectivity index (χ0v) is 12.2. The zero-order valence-electron chi connectivity index (χ0n) is 11.4. The Kier molecular flexibility index (Phi) is 5.67. The Bertz CT molecular complexity index is 344. The van der Waals surface area contributed by atoms with Crippen LogP contribution in [0.2, 0.25) is 0 Å². The highest BCUT2D eigenvalue weighted by molar-refractivity contribution is 7.08. The van der Waals surface area contributed by atoms with Gasteiger partial charge in [-0.2, -0.15) is 11.3 Å². The first-order valence-corrected chi connectivity index (χ1v) is 8.07. The third-order valence-electron chi connectivity index (χ3n) is 4.01. The predicted octanol–water partition coefficient (Wildman–Crippen LogP) is 4.04. The van der Waals surface area contributed by atoms with Crippen molar-refractivity contribution in [1.82, 2.24) is 0 Å². The average molecular weight is 267 g/mol. The second-order valence-corrected chi connectivity index (χ2v) is 6.20. The second-order valence-electron chi connectivity index (χ2n) is 5.46. The van der Waals surface area contributed by atoms with Crippen molar-refractivity contribution in [2.45, 2.75) is 51.5 Å². The molecule has 1 aliphatic rings. The van der Waals surface area contributed by atoms with E-state index in [1.807, 2.05) is 0 Å². The number of rotatable bonds is 6. The van der Waals surface area contributed by atoms with Gasteiger partial charge in [0.2, 0.25) is 0 Å². The summed E-state index contributed by atoms with van der Waals surface area (Å²) < 4.78 is 5.39. The molecule has 1 saturated heterocycles. The van der Waals surface area contributed by atoms with E-state index >= 15 is 0 Å². The Labute approximate surface area is 115 Å². The van der Waals surface area contributed by atoms with Crippen LogP contribution in [0.5, 0.6) is 0 Å². The molecule has 2 heterocycles. The van der Waals surface area contributed by atoms with Crippen LogP contribution in [-0.2, 0) is 4.74 Å². The summed E-state index contributed by atoms with van der Waals surface area (Å²) in [4.78, 5) is 0. The molecule has 1 aromatic heterocycles. The Morgan fingerprint density at radius 3 is 2.78 bits per heavy atom. The fourth-order valence-electron chi connectivity index (χ4n) is 2.74. The molecule has 0 saturated carbocycles. The molecule has 1 fully saturated rings. The Balaban J connectivity index is 1.61. The lowest BCUT2D eigenvalue weighted by atomic mass is 9.92. The van der Waals surface area contributed by atoms with Gasteiger partial charge in [0.15, 0.2) is 0 Å². The molecule has 1 unspecified atom stereocenters. The molecule has 102 valence electrons. The first-order chi connectivity index (χ1) is 8.77. The fourth-order valence-corrected chi connectivity index (χ4v) is 3.65. The van der Waals surface area contributed by atoms with Gasteiger partial charge in [-0.1, -0.05) is 19.3 Å². The summed E-state index contributed by atoms with van der Waals surface area (Å²) >= 11 is 1.76. The lowest BCUT2D eigenvalue weighted by Gasteiger charge is -2.22. The summed E-state index contributed by atoms with van der Waals surface area (Å²) in [5, 5.41) is 4.40. The van der Waals surface area contributed by atoms with E-state index in [4.69, 9.17) is 10.5 Å². The smallest absolute Gasteiger partial charge is 0.0468 e. The first kappa shape index (κ1) is 14.0. The van der Waals surface area contributed by atoms with Crippen LogP contribution in [0.1, 0.15) is 55.7 Å². The van der Waals surface area contributed by atoms with Gasteiger partial charge in [0, 0.05) is 19.3 Å². The number of unbranched alkanes of at least 4 members (excludes halogenated alkanes) is 1. The van der Waals surface area contributed by atoms with Gasteiger partial charge in [-0.15, -0.1) is 0 Å². The summed E-state index contributed by atoms with van der Waals surface area (Å²) in [7, 11) is 0. The van der Waals surface area contributed by atoms with E-state index in [2.05, 4.69) is 17.7 Å². The minimum atomic E-state index is 0.242. The Hall–Kier alpha value is -0.380. The topological polar surface area (TPSA) is 35.2 Å². The number of aryl methyl sites for hydroxylation is 1. The lowest BCUT2D eigenvalue weighted by Crippen LogP contribution is -2.15. The van der Waals surface area contributed by atoms with Crippen molar-refractivity contribution < 1.29 is 4.74 Å². The molecule has 0 bridgehead atoms. The predicted molar refractivity (Wildman–Crippen MR) is 78.0 cm³/mol. The van der Waals surface area contributed by atoms with Crippen molar-refractivity contribution in [1.29, 1.82) is 0 Å². The number of hydrogen-bond donors (Lipinski definition) is 1. The van der Waals surface area contributed by atoms with Crippen LogP contribution in [-0.4, -0.2) is 13.2 Å². The van der Waals surface area contributed by atoms with Gasteiger partial charge in [-0.3, -0.25) is 0 Å². The molecular formula is C15H25NOS. The molecule has 2 nitrogen and oxygen atoms in total. The highest BCUT2D eigenvalue weighted by Gasteiger charge is 2.14. The van der Waals surface area contributed by atoms with Gasteiger partial charge < -0.3 is 10.5 Å². The van der Waals surface area contributed by atoms with Crippen molar-refractivity contribution in [3.05, 3.63) is 21.9 Å². The molecule has 0 aromatic carbocycles. The van der Waals surface area contributed by atoms with Gasteiger partial charge in [0.25, 0.3) is 0 Å². The van der Waals surface area contributed by atoms with E-state index in [-0.39, 0.29) is 6.04 Å². The van der Waals surface area contributed by atoms with Crippen molar-refractivity contribution in [3.8, 4) is 0 Å². The van der Waals surface area contributed by atoms with Crippen molar-refractivity contribution in [2.24, 2.45) is 11.7 Å². The van der Waals surface area contributed by atoms with Crippen molar-refractivity contribution in [2.75, 3.05) is 13.2 Å². The SMILES string of the molecule is Cc1cscc1C(N)CCCCC1CCOCC1. The molecule has 1 aromatic rings. The van der Waals surface area contributed by atoms with Gasteiger partial charge in [-0.05, 0) is 54.0 Å². The van der Waals surface area contributed by atoms with Crippen molar-refractivity contribution >= 4 is 11.3 Å². The van der Waals surface area contributed by atoms with Crippen LogP contribution in [0.3, 0.4) is 0 Å². The highest BCUT2D eigenvalue weighted by atomic mass is 32.1. The normalized spacial score (nSPS) is 19.0. The second kappa shape index (κ2) is 7.27. The maximum atomic E-state index is 6.25. The maximum absolute atomic E-state index is 6.25. The molecule has 2 N–H and O–H groups in total. The molecular weight excluding hydrogens is 242 g/mol. The maximum Gasteiger partial charge on any atom is 0.0468 e. The van der Waals surface area contributed by atoms with Crippen LogP contribution in [0.4, 0.5) is 0 Å². The lowest BCUT2D eigenvalue weighted by molar-refractivity contribution is 0.0631. The number of hydrogen-bond acceptors (Lipinski definition) is 3. The summed E-state index contributed by atoms with van der Waals surface area (Å²) in [5.74, 6) is 0.901. The summed E-state index contributed by atoms with van der Waals surface area (Å²) in [6.45, 7) is 4.10. The van der Waals surface area contributed by atoms with Crippen molar-refractivity contribution in [3.63, 3.8) is 0 Å². The van der Waals surface area contributed by atoms with Crippen LogP contribution in [0.25, 0.3) is 0 Å². The van der Waals surface area contributed by atoms with Crippen LogP contribution < -0.4 is 5.73 Å². The number of ether oxygens (including phenoxy) is 1. The number of thiophene rings is 1. The zero-order chi connectivity index (χ0) is 12.8. The number of nitrogens with two attached hydrogens (primary N) is 1. The summed E-state index contributed by atoms with van der Waals surface area (Å²) in [5.41, 5.74) is 8.96. The van der Waals surface area contributed by atoms with E-state index < -0.39 is 0 Å². The van der Waals surface area contributed by atoms with E-state index in [1.54, 1.807) is 11.3 Å². The molecule has 1 aliphatic heterocycles. The molecule has 18 heavy (non-hydrogen) atoms. The summed E-state index contributed by atoms with van der Waals surface area (Å²) in [6, 6.07) is 0.242. The molecule has 0 spiro atoms.